The Kier molecular flexibility index (Phi) is 2.91. The first-order chi connectivity index (χ1) is 8.77. The van der Waals surface area contributed by atoms with E-state index >= 15 is 0 Å². The molecule has 3 rings (SSSR count). The van der Waals surface area contributed by atoms with Crippen molar-refractivity contribution < 1.29 is 0 Å². The highest BCUT2D eigenvalue weighted by Gasteiger charge is 2.42. The van der Waals surface area contributed by atoms with Crippen molar-refractivity contribution in [1.82, 2.24) is 0 Å². The van der Waals surface area contributed by atoms with Crippen LogP contribution in [0.25, 0.3) is 0 Å². The highest BCUT2D eigenvalue weighted by atomic mass is 14.5. The number of rotatable bonds is 1. The van der Waals surface area contributed by atoms with E-state index in [2.05, 4.69) is 24.2 Å². The molecule has 1 spiro atoms. The van der Waals surface area contributed by atoms with Gasteiger partial charge in [-0.05, 0) is 47.8 Å². The Hall–Kier alpha value is -1.27. The van der Waals surface area contributed by atoms with E-state index in [1.165, 1.54) is 36.8 Å². The molecule has 0 amide bonds. The molecule has 1 saturated heterocycles. The van der Waals surface area contributed by atoms with Crippen LogP contribution in [0.2, 0.25) is 12.6 Å². The topological polar surface area (TPSA) is 49.8 Å². The lowest BCUT2D eigenvalue weighted by Gasteiger charge is -2.35. The summed E-state index contributed by atoms with van der Waals surface area (Å²) in [5.41, 5.74) is 10.4. The van der Waals surface area contributed by atoms with Crippen LogP contribution in [-0.4, -0.2) is 6.71 Å². The molecule has 0 bridgehead atoms. The zero-order chi connectivity index (χ0) is 12.6. The molecule has 1 aliphatic carbocycles. The lowest BCUT2D eigenvalue weighted by molar-refractivity contribution is 0.379. The minimum atomic E-state index is 0.289. The SMILES string of the molecule is N#CB1CCC2(CC1)CCc1ccc(CN)cc12. The molecule has 92 valence electrons. The number of nitriles is 1. The van der Waals surface area contributed by atoms with Gasteiger partial charge in [-0.3, -0.25) is 0 Å². The first-order valence-electron chi connectivity index (χ1n) is 6.99. The molecule has 0 aromatic heterocycles. The Morgan fingerprint density at radius 1 is 1.28 bits per heavy atom. The maximum Gasteiger partial charge on any atom is 0.267 e. The van der Waals surface area contributed by atoms with Crippen molar-refractivity contribution in [1.29, 1.82) is 5.26 Å². The van der Waals surface area contributed by atoms with Gasteiger partial charge in [0, 0.05) is 12.5 Å². The molecule has 0 saturated carbocycles. The van der Waals surface area contributed by atoms with Crippen LogP contribution in [0.4, 0.5) is 0 Å². The van der Waals surface area contributed by atoms with Gasteiger partial charge in [-0.2, -0.15) is 0 Å². The Morgan fingerprint density at radius 2 is 2.06 bits per heavy atom. The number of benzene rings is 1. The van der Waals surface area contributed by atoms with Crippen LogP contribution in [0.1, 0.15) is 36.0 Å². The summed E-state index contributed by atoms with van der Waals surface area (Å²) in [7, 11) is 0. The van der Waals surface area contributed by atoms with Gasteiger partial charge in [-0.15, -0.1) is 0 Å². The molecule has 18 heavy (non-hydrogen) atoms. The van der Waals surface area contributed by atoms with Crippen molar-refractivity contribution in [3.05, 3.63) is 34.9 Å². The first-order valence-corrected chi connectivity index (χ1v) is 6.99. The van der Waals surface area contributed by atoms with E-state index in [1.807, 2.05) is 0 Å². The highest BCUT2D eigenvalue weighted by Crippen LogP contribution is 2.49. The first kappa shape index (κ1) is 11.8. The highest BCUT2D eigenvalue weighted by molar-refractivity contribution is 6.67. The second-order valence-corrected chi connectivity index (χ2v) is 5.88. The number of hydrogen-bond acceptors (Lipinski definition) is 2. The van der Waals surface area contributed by atoms with Gasteiger partial charge in [0.1, 0.15) is 0 Å². The number of fused-ring (bicyclic) bond motifs is 2. The summed E-state index contributed by atoms with van der Waals surface area (Å²) in [6, 6.07) is 6.76. The molecular formula is C15H19BN2. The normalized spacial score (nSPS) is 20.8. The molecule has 1 aliphatic heterocycles. The summed E-state index contributed by atoms with van der Waals surface area (Å²) in [6.45, 7) is 0.918. The molecule has 3 heteroatoms. The number of hydrogen-bond donors (Lipinski definition) is 1. The minimum absolute atomic E-state index is 0.289. The van der Waals surface area contributed by atoms with E-state index < -0.39 is 0 Å². The summed E-state index contributed by atoms with van der Waals surface area (Å²) in [6.07, 6.45) is 7.00. The van der Waals surface area contributed by atoms with Gasteiger partial charge < -0.3 is 5.73 Å². The quantitative estimate of drug-likeness (QED) is 0.764. The molecule has 1 aromatic carbocycles. The number of aryl methyl sites for hydroxylation is 1. The molecule has 1 aromatic rings. The van der Waals surface area contributed by atoms with E-state index in [9.17, 15) is 0 Å². The predicted molar refractivity (Wildman–Crippen MR) is 74.5 cm³/mol. The standard InChI is InChI=1S/C15H19BN2/c17-10-12-1-2-13-3-4-15(14(13)9-12)5-7-16(11-18)8-6-15/h1-2,9H,3-8,10,17H2. The average molecular weight is 238 g/mol. The molecule has 0 atom stereocenters. The van der Waals surface area contributed by atoms with Crippen LogP contribution in [0.15, 0.2) is 18.2 Å². The predicted octanol–water partition coefficient (Wildman–Crippen LogP) is 2.68. The molecular weight excluding hydrogens is 219 g/mol. The summed E-state index contributed by atoms with van der Waals surface area (Å²) in [5.74, 6) is 2.44. The van der Waals surface area contributed by atoms with Crippen molar-refractivity contribution >= 4 is 6.71 Å². The zero-order valence-corrected chi connectivity index (χ0v) is 10.8. The molecule has 1 heterocycles. The van der Waals surface area contributed by atoms with Crippen LogP contribution in [0.5, 0.6) is 0 Å². The van der Waals surface area contributed by atoms with E-state index in [0.717, 1.165) is 12.6 Å². The molecule has 1 fully saturated rings. The summed E-state index contributed by atoms with van der Waals surface area (Å²) in [4.78, 5) is 0. The fraction of sp³-hybridized carbons (Fsp3) is 0.533. The summed E-state index contributed by atoms with van der Waals surface area (Å²) < 4.78 is 0. The van der Waals surface area contributed by atoms with Crippen LogP contribution in [-0.2, 0) is 18.4 Å². The summed E-state index contributed by atoms with van der Waals surface area (Å²) >= 11 is 0. The second-order valence-electron chi connectivity index (χ2n) is 5.88. The fourth-order valence-electron chi connectivity index (χ4n) is 3.79. The van der Waals surface area contributed by atoms with Crippen molar-refractivity contribution in [2.24, 2.45) is 5.73 Å². The lowest BCUT2D eigenvalue weighted by atomic mass is 9.39. The van der Waals surface area contributed by atoms with E-state index in [-0.39, 0.29) is 6.71 Å². The molecule has 2 aliphatic rings. The van der Waals surface area contributed by atoms with Gasteiger partial charge in [0.15, 0.2) is 0 Å². The Balaban J connectivity index is 1.92. The monoisotopic (exact) mass is 238 g/mol. The van der Waals surface area contributed by atoms with Crippen LogP contribution in [0, 0.1) is 11.2 Å². The Bertz CT molecular complexity index is 496. The fourth-order valence-corrected chi connectivity index (χ4v) is 3.79. The van der Waals surface area contributed by atoms with E-state index in [1.54, 1.807) is 5.56 Å². The van der Waals surface area contributed by atoms with Gasteiger partial charge in [-0.25, -0.2) is 5.26 Å². The van der Waals surface area contributed by atoms with Crippen LogP contribution < -0.4 is 5.73 Å². The molecule has 0 radical (unpaired) electrons. The maximum absolute atomic E-state index is 9.03. The number of nitrogens with two attached hydrogens (primary N) is 1. The van der Waals surface area contributed by atoms with E-state index in [0.29, 0.717) is 12.0 Å². The van der Waals surface area contributed by atoms with Gasteiger partial charge in [0.2, 0.25) is 0 Å². The Morgan fingerprint density at radius 3 is 2.72 bits per heavy atom. The molecule has 2 N–H and O–H groups in total. The van der Waals surface area contributed by atoms with Crippen molar-refractivity contribution in [3.63, 3.8) is 0 Å². The average Bonchev–Trinajstić information content (AvgIpc) is 2.78. The third-order valence-electron chi connectivity index (χ3n) is 4.98. The van der Waals surface area contributed by atoms with Gasteiger partial charge >= 0.3 is 0 Å². The van der Waals surface area contributed by atoms with Crippen LogP contribution in [0.3, 0.4) is 0 Å². The third kappa shape index (κ3) is 1.76. The van der Waals surface area contributed by atoms with Crippen LogP contribution >= 0.6 is 0 Å². The third-order valence-corrected chi connectivity index (χ3v) is 4.98. The minimum Gasteiger partial charge on any atom is -0.326 e. The smallest absolute Gasteiger partial charge is 0.267 e. The van der Waals surface area contributed by atoms with Gasteiger partial charge in [0.25, 0.3) is 6.71 Å². The van der Waals surface area contributed by atoms with Crippen molar-refractivity contribution in [2.75, 3.05) is 0 Å². The Labute approximate surface area is 109 Å². The van der Waals surface area contributed by atoms with E-state index in [4.69, 9.17) is 11.0 Å². The van der Waals surface area contributed by atoms with Crippen molar-refractivity contribution in [3.8, 4) is 5.97 Å². The number of nitrogens with zero attached hydrogens (tertiary/aromatic N) is 1. The second kappa shape index (κ2) is 4.44. The zero-order valence-electron chi connectivity index (χ0n) is 10.8. The summed E-state index contributed by atoms with van der Waals surface area (Å²) in [5, 5.41) is 9.03. The molecule has 0 unspecified atom stereocenters. The maximum atomic E-state index is 9.03. The van der Waals surface area contributed by atoms with Crippen molar-refractivity contribution in [2.45, 2.75) is 50.3 Å². The molecule has 2 nitrogen and oxygen atoms in total. The van der Waals surface area contributed by atoms with Gasteiger partial charge in [0.05, 0.1) is 0 Å². The van der Waals surface area contributed by atoms with Gasteiger partial charge in [-0.1, -0.05) is 30.8 Å². The lowest BCUT2D eigenvalue weighted by Crippen LogP contribution is -2.32. The largest absolute Gasteiger partial charge is 0.326 e.